The molecule has 1 N–H and O–H groups in total. The van der Waals surface area contributed by atoms with Crippen molar-refractivity contribution >= 4 is 38.9 Å². The van der Waals surface area contributed by atoms with Crippen LogP contribution in [0.5, 0.6) is 0 Å². The van der Waals surface area contributed by atoms with Crippen LogP contribution in [-0.2, 0) is 4.79 Å². The fourth-order valence-corrected chi connectivity index (χ4v) is 3.76. The minimum atomic E-state index is -0.741. The van der Waals surface area contributed by atoms with Crippen molar-refractivity contribution in [2.45, 2.75) is 25.8 Å². The molecule has 0 radical (unpaired) electrons. The largest absolute Gasteiger partial charge is 0.481 e. The number of hydrogen-bond donors (Lipinski definition) is 1. The zero-order chi connectivity index (χ0) is 15.2. The van der Waals surface area contributed by atoms with Crippen LogP contribution in [0.2, 0.25) is 0 Å². The molecule has 0 aliphatic rings. The Morgan fingerprint density at radius 3 is 2.57 bits per heavy atom. The first-order chi connectivity index (χ1) is 10.1. The van der Waals surface area contributed by atoms with Gasteiger partial charge < -0.3 is 10.0 Å². The van der Waals surface area contributed by atoms with Gasteiger partial charge in [0.15, 0.2) is 0 Å². The maximum atomic E-state index is 10.7. The Balaban J connectivity index is 2.16. The number of carboxylic acid groups (broad SMARTS) is 1. The minimum Gasteiger partial charge on any atom is -0.481 e. The Labute approximate surface area is 137 Å². The van der Waals surface area contributed by atoms with E-state index in [2.05, 4.69) is 52.0 Å². The van der Waals surface area contributed by atoms with Crippen molar-refractivity contribution in [3.63, 3.8) is 0 Å². The number of para-hydroxylation sites is 1. The van der Waals surface area contributed by atoms with Crippen molar-refractivity contribution in [2.24, 2.45) is 0 Å². The monoisotopic (exact) mass is 367 g/mol. The fourth-order valence-electron chi connectivity index (χ4n) is 2.27. The number of aliphatic carboxylic acids is 1. The molecule has 2 aromatic rings. The Morgan fingerprint density at radius 1 is 1.29 bits per heavy atom. The van der Waals surface area contributed by atoms with Gasteiger partial charge in [0.05, 0.1) is 9.83 Å². The second-order valence-electron chi connectivity index (χ2n) is 4.84. The van der Waals surface area contributed by atoms with Gasteiger partial charge in [0, 0.05) is 23.5 Å². The fraction of sp³-hybridized carbons (Fsp3) is 0.312. The van der Waals surface area contributed by atoms with E-state index in [0.717, 1.165) is 16.0 Å². The molecule has 3 nitrogen and oxygen atoms in total. The molecular formula is C16H18BrNO2S. The van der Waals surface area contributed by atoms with Gasteiger partial charge >= 0.3 is 5.97 Å². The van der Waals surface area contributed by atoms with Crippen LogP contribution in [0.1, 0.15) is 30.7 Å². The van der Waals surface area contributed by atoms with Gasteiger partial charge in [0.25, 0.3) is 0 Å². The van der Waals surface area contributed by atoms with Crippen LogP contribution in [0.3, 0.4) is 0 Å². The minimum absolute atomic E-state index is 0.199. The van der Waals surface area contributed by atoms with E-state index in [0.29, 0.717) is 6.42 Å². The predicted octanol–water partition coefficient (Wildman–Crippen LogP) is 4.94. The van der Waals surface area contributed by atoms with Crippen molar-refractivity contribution in [3.05, 3.63) is 51.1 Å². The Hall–Kier alpha value is -1.33. The summed E-state index contributed by atoms with van der Waals surface area (Å²) in [6, 6.07) is 14.5. The molecule has 1 aromatic carbocycles. The summed E-state index contributed by atoms with van der Waals surface area (Å²) >= 11 is 5.22. The summed E-state index contributed by atoms with van der Waals surface area (Å²) in [5, 5.41) is 8.83. The average Bonchev–Trinajstić information content (AvgIpc) is 2.90. The van der Waals surface area contributed by atoms with Gasteiger partial charge in [-0.1, -0.05) is 18.2 Å². The van der Waals surface area contributed by atoms with Crippen molar-refractivity contribution in [3.8, 4) is 0 Å². The van der Waals surface area contributed by atoms with E-state index >= 15 is 0 Å². The molecule has 0 saturated carbocycles. The predicted molar refractivity (Wildman–Crippen MR) is 91.1 cm³/mol. The van der Waals surface area contributed by atoms with Crippen molar-refractivity contribution < 1.29 is 9.90 Å². The molecule has 0 aliphatic carbocycles. The third kappa shape index (κ3) is 4.58. The SMILES string of the molecule is CC(c1ccc(Br)s1)N(CCCC(=O)O)c1ccccc1. The zero-order valence-electron chi connectivity index (χ0n) is 11.8. The molecule has 0 spiro atoms. The molecule has 1 unspecified atom stereocenters. The number of hydrogen-bond acceptors (Lipinski definition) is 3. The maximum absolute atomic E-state index is 10.7. The summed E-state index contributed by atoms with van der Waals surface area (Å²) in [5.74, 6) is -0.741. The second kappa shape index (κ2) is 7.61. The van der Waals surface area contributed by atoms with E-state index in [9.17, 15) is 4.79 Å². The van der Waals surface area contributed by atoms with Crippen molar-refractivity contribution in [1.29, 1.82) is 0 Å². The molecule has 0 saturated heterocycles. The van der Waals surface area contributed by atoms with Crippen LogP contribution in [0, 0.1) is 0 Å². The van der Waals surface area contributed by atoms with Crippen molar-refractivity contribution in [2.75, 3.05) is 11.4 Å². The summed E-state index contributed by atoms with van der Waals surface area (Å²) in [4.78, 5) is 14.3. The average molecular weight is 368 g/mol. The summed E-state index contributed by atoms with van der Waals surface area (Å²) in [5.41, 5.74) is 1.12. The quantitative estimate of drug-likeness (QED) is 0.752. The van der Waals surface area contributed by atoms with Gasteiger partial charge in [-0.2, -0.15) is 0 Å². The van der Waals surface area contributed by atoms with Crippen LogP contribution in [0.15, 0.2) is 46.3 Å². The lowest BCUT2D eigenvalue weighted by Crippen LogP contribution is -2.27. The first-order valence-corrected chi connectivity index (χ1v) is 8.47. The summed E-state index contributed by atoms with van der Waals surface area (Å²) in [6.45, 7) is 2.89. The molecule has 0 bridgehead atoms. The van der Waals surface area contributed by atoms with Gasteiger partial charge in [-0.25, -0.2) is 0 Å². The lowest BCUT2D eigenvalue weighted by atomic mass is 10.1. The van der Waals surface area contributed by atoms with E-state index < -0.39 is 5.97 Å². The number of anilines is 1. The maximum Gasteiger partial charge on any atom is 0.303 e. The smallest absolute Gasteiger partial charge is 0.303 e. The molecule has 112 valence electrons. The Kier molecular flexibility index (Phi) is 5.82. The van der Waals surface area contributed by atoms with Gasteiger partial charge in [0.1, 0.15) is 0 Å². The van der Waals surface area contributed by atoms with Crippen LogP contribution < -0.4 is 4.90 Å². The van der Waals surface area contributed by atoms with Gasteiger partial charge in [-0.3, -0.25) is 4.79 Å². The van der Waals surface area contributed by atoms with E-state index in [1.54, 1.807) is 11.3 Å². The van der Waals surface area contributed by atoms with Crippen LogP contribution in [-0.4, -0.2) is 17.6 Å². The van der Waals surface area contributed by atoms with Crippen LogP contribution in [0.25, 0.3) is 0 Å². The number of benzene rings is 1. The Bertz CT molecular complexity index is 585. The second-order valence-corrected chi connectivity index (χ2v) is 7.34. The number of thiophene rings is 1. The highest BCUT2D eigenvalue weighted by molar-refractivity contribution is 9.11. The first kappa shape index (κ1) is 16.0. The molecule has 21 heavy (non-hydrogen) atoms. The highest BCUT2D eigenvalue weighted by Gasteiger charge is 2.18. The number of halogens is 1. The molecule has 2 rings (SSSR count). The highest BCUT2D eigenvalue weighted by atomic mass is 79.9. The summed E-state index contributed by atoms with van der Waals surface area (Å²) in [7, 11) is 0. The lowest BCUT2D eigenvalue weighted by molar-refractivity contribution is -0.137. The molecule has 5 heteroatoms. The lowest BCUT2D eigenvalue weighted by Gasteiger charge is -2.30. The molecule has 1 atom stereocenters. The molecule has 1 heterocycles. The third-order valence-electron chi connectivity index (χ3n) is 3.35. The summed E-state index contributed by atoms with van der Waals surface area (Å²) < 4.78 is 1.11. The van der Waals surface area contributed by atoms with Gasteiger partial charge in [-0.05, 0) is 53.5 Å². The summed E-state index contributed by atoms with van der Waals surface area (Å²) in [6.07, 6.45) is 0.839. The molecule has 0 aliphatic heterocycles. The number of carbonyl (C=O) groups is 1. The van der Waals surface area contributed by atoms with Gasteiger partial charge in [-0.15, -0.1) is 11.3 Å². The highest BCUT2D eigenvalue weighted by Crippen LogP contribution is 2.33. The number of nitrogens with zero attached hydrogens (tertiary/aromatic N) is 1. The molecular weight excluding hydrogens is 350 g/mol. The topological polar surface area (TPSA) is 40.5 Å². The van der Waals surface area contributed by atoms with Crippen molar-refractivity contribution in [1.82, 2.24) is 0 Å². The number of rotatable bonds is 7. The van der Waals surface area contributed by atoms with E-state index in [-0.39, 0.29) is 12.5 Å². The van der Waals surface area contributed by atoms with Gasteiger partial charge in [0.2, 0.25) is 0 Å². The first-order valence-electron chi connectivity index (χ1n) is 6.86. The zero-order valence-corrected chi connectivity index (χ0v) is 14.2. The van der Waals surface area contributed by atoms with E-state index in [4.69, 9.17) is 5.11 Å². The van der Waals surface area contributed by atoms with Crippen LogP contribution >= 0.6 is 27.3 Å². The van der Waals surface area contributed by atoms with E-state index in [1.807, 2.05) is 18.2 Å². The molecule has 0 fully saturated rings. The normalized spacial score (nSPS) is 12.1. The van der Waals surface area contributed by atoms with E-state index in [1.165, 1.54) is 4.88 Å². The Morgan fingerprint density at radius 2 is 2.00 bits per heavy atom. The third-order valence-corrected chi connectivity index (χ3v) is 5.14. The molecule has 0 amide bonds. The standard InChI is InChI=1S/C16H18BrNO2S/c1-12(14-9-10-15(17)21-14)18(11-5-8-16(19)20)13-6-3-2-4-7-13/h2-4,6-7,9-10,12H,5,8,11H2,1H3,(H,19,20). The van der Waals surface area contributed by atoms with Crippen LogP contribution in [0.4, 0.5) is 5.69 Å². The molecule has 1 aromatic heterocycles. The number of carboxylic acids is 1.